The maximum absolute atomic E-state index is 11.5. The first-order chi connectivity index (χ1) is 7.19. The van der Waals surface area contributed by atoms with Gasteiger partial charge in [0.05, 0.1) is 0 Å². The first-order valence-electron chi connectivity index (χ1n) is 5.13. The summed E-state index contributed by atoms with van der Waals surface area (Å²) < 4.78 is 0. The SMILES string of the molecule is CCc1cccc(C)c1NC(=O)CCBr. The predicted octanol–water partition coefficient (Wildman–Crippen LogP) is 3.28. The number of alkyl halides is 1. The topological polar surface area (TPSA) is 29.1 Å². The molecule has 0 bridgehead atoms. The average Bonchev–Trinajstić information content (AvgIpc) is 2.21. The van der Waals surface area contributed by atoms with Gasteiger partial charge in [0, 0.05) is 17.4 Å². The number of benzene rings is 1. The molecular weight excluding hydrogens is 254 g/mol. The molecule has 0 aliphatic rings. The second-order valence-electron chi connectivity index (χ2n) is 3.45. The summed E-state index contributed by atoms with van der Waals surface area (Å²) in [5.41, 5.74) is 3.29. The minimum absolute atomic E-state index is 0.0656. The molecule has 0 atom stereocenters. The van der Waals surface area contributed by atoms with E-state index < -0.39 is 0 Å². The lowest BCUT2D eigenvalue weighted by Crippen LogP contribution is -2.14. The Balaban J connectivity index is 2.87. The zero-order valence-corrected chi connectivity index (χ0v) is 10.7. The first-order valence-corrected chi connectivity index (χ1v) is 6.25. The molecule has 0 fully saturated rings. The van der Waals surface area contributed by atoms with Crippen LogP contribution < -0.4 is 5.32 Å². The van der Waals surface area contributed by atoms with E-state index in [0.29, 0.717) is 11.8 Å². The van der Waals surface area contributed by atoms with E-state index in [4.69, 9.17) is 0 Å². The molecule has 2 nitrogen and oxygen atoms in total. The summed E-state index contributed by atoms with van der Waals surface area (Å²) >= 11 is 3.26. The third-order valence-electron chi connectivity index (χ3n) is 2.33. The molecule has 0 aromatic heterocycles. The number of aryl methyl sites for hydroxylation is 2. The van der Waals surface area contributed by atoms with Crippen LogP contribution in [0.4, 0.5) is 5.69 Å². The molecule has 0 aliphatic carbocycles. The van der Waals surface area contributed by atoms with Crippen molar-refractivity contribution in [1.82, 2.24) is 0 Å². The molecule has 0 saturated heterocycles. The van der Waals surface area contributed by atoms with Crippen LogP contribution in [0.1, 0.15) is 24.5 Å². The second-order valence-corrected chi connectivity index (χ2v) is 4.24. The largest absolute Gasteiger partial charge is 0.326 e. The van der Waals surface area contributed by atoms with Crippen molar-refractivity contribution in [2.45, 2.75) is 26.7 Å². The van der Waals surface area contributed by atoms with Gasteiger partial charge >= 0.3 is 0 Å². The van der Waals surface area contributed by atoms with Crippen molar-refractivity contribution >= 4 is 27.5 Å². The van der Waals surface area contributed by atoms with Crippen molar-refractivity contribution < 1.29 is 4.79 Å². The zero-order chi connectivity index (χ0) is 11.3. The summed E-state index contributed by atoms with van der Waals surface area (Å²) in [6.45, 7) is 4.11. The van der Waals surface area contributed by atoms with Gasteiger partial charge in [0.1, 0.15) is 0 Å². The molecule has 0 heterocycles. The molecule has 1 N–H and O–H groups in total. The number of nitrogens with one attached hydrogen (secondary N) is 1. The molecule has 0 aliphatic heterocycles. The number of carbonyl (C=O) groups excluding carboxylic acids is 1. The standard InChI is InChI=1S/C12H16BrNO/c1-3-10-6-4-5-9(2)12(10)14-11(15)7-8-13/h4-6H,3,7-8H2,1-2H3,(H,14,15). The van der Waals surface area contributed by atoms with Crippen LogP contribution in [0.15, 0.2) is 18.2 Å². The van der Waals surface area contributed by atoms with Crippen molar-refractivity contribution in [3.63, 3.8) is 0 Å². The second kappa shape index (κ2) is 5.91. The van der Waals surface area contributed by atoms with E-state index in [1.807, 2.05) is 19.1 Å². The van der Waals surface area contributed by atoms with Gasteiger partial charge in [0.25, 0.3) is 0 Å². The Morgan fingerprint density at radius 2 is 2.20 bits per heavy atom. The van der Waals surface area contributed by atoms with Crippen molar-refractivity contribution in [3.8, 4) is 0 Å². The van der Waals surface area contributed by atoms with E-state index in [0.717, 1.165) is 17.7 Å². The smallest absolute Gasteiger partial charge is 0.225 e. The lowest BCUT2D eigenvalue weighted by Gasteiger charge is -2.12. The Labute approximate surface area is 99.2 Å². The van der Waals surface area contributed by atoms with Gasteiger partial charge < -0.3 is 5.32 Å². The first kappa shape index (κ1) is 12.2. The number of amides is 1. The maximum Gasteiger partial charge on any atom is 0.225 e. The summed E-state index contributed by atoms with van der Waals surface area (Å²) in [5, 5.41) is 3.66. The molecule has 0 spiro atoms. The Morgan fingerprint density at radius 1 is 1.47 bits per heavy atom. The predicted molar refractivity (Wildman–Crippen MR) is 67.6 cm³/mol. The molecular formula is C12H16BrNO. The van der Waals surface area contributed by atoms with Gasteiger partial charge in [-0.2, -0.15) is 0 Å². The van der Waals surface area contributed by atoms with E-state index in [-0.39, 0.29) is 5.91 Å². The van der Waals surface area contributed by atoms with Gasteiger partial charge in [-0.25, -0.2) is 0 Å². The van der Waals surface area contributed by atoms with Gasteiger partial charge in [0.2, 0.25) is 5.91 Å². The number of para-hydroxylation sites is 1. The van der Waals surface area contributed by atoms with Crippen molar-refractivity contribution in [3.05, 3.63) is 29.3 Å². The average molecular weight is 270 g/mol. The van der Waals surface area contributed by atoms with Gasteiger partial charge in [-0.3, -0.25) is 4.79 Å². The van der Waals surface area contributed by atoms with Crippen LogP contribution >= 0.6 is 15.9 Å². The monoisotopic (exact) mass is 269 g/mol. The molecule has 3 heteroatoms. The molecule has 1 rings (SSSR count). The lowest BCUT2D eigenvalue weighted by atomic mass is 10.1. The third-order valence-corrected chi connectivity index (χ3v) is 2.72. The summed E-state index contributed by atoms with van der Waals surface area (Å²) in [6, 6.07) is 6.09. The summed E-state index contributed by atoms with van der Waals surface area (Å²) in [7, 11) is 0. The molecule has 0 radical (unpaired) electrons. The van der Waals surface area contributed by atoms with Gasteiger partial charge in [-0.05, 0) is 24.5 Å². The highest BCUT2D eigenvalue weighted by Crippen LogP contribution is 2.21. The number of anilines is 1. The number of hydrogen-bond donors (Lipinski definition) is 1. The summed E-state index contributed by atoms with van der Waals surface area (Å²) in [4.78, 5) is 11.5. The van der Waals surface area contributed by atoms with E-state index in [1.165, 1.54) is 5.56 Å². The fourth-order valence-electron chi connectivity index (χ4n) is 1.49. The molecule has 1 aromatic carbocycles. The van der Waals surface area contributed by atoms with Gasteiger partial charge in [0.15, 0.2) is 0 Å². The molecule has 15 heavy (non-hydrogen) atoms. The Kier molecular flexibility index (Phi) is 4.82. The van der Waals surface area contributed by atoms with Crippen molar-refractivity contribution in [2.75, 3.05) is 10.6 Å². The lowest BCUT2D eigenvalue weighted by molar-refractivity contribution is -0.115. The minimum Gasteiger partial charge on any atom is -0.326 e. The van der Waals surface area contributed by atoms with Crippen LogP contribution in [0.5, 0.6) is 0 Å². The van der Waals surface area contributed by atoms with E-state index in [9.17, 15) is 4.79 Å². The number of halogens is 1. The van der Waals surface area contributed by atoms with E-state index in [2.05, 4.69) is 34.2 Å². The highest BCUT2D eigenvalue weighted by molar-refractivity contribution is 9.09. The minimum atomic E-state index is 0.0656. The fraction of sp³-hybridized carbons (Fsp3) is 0.417. The number of rotatable bonds is 4. The Hall–Kier alpha value is -0.830. The van der Waals surface area contributed by atoms with Crippen LogP contribution in [0.3, 0.4) is 0 Å². The zero-order valence-electron chi connectivity index (χ0n) is 9.14. The molecule has 82 valence electrons. The fourth-order valence-corrected chi connectivity index (χ4v) is 1.85. The summed E-state index contributed by atoms with van der Waals surface area (Å²) in [5.74, 6) is 0.0656. The van der Waals surface area contributed by atoms with Crippen LogP contribution in [0.25, 0.3) is 0 Å². The van der Waals surface area contributed by atoms with Crippen LogP contribution in [-0.2, 0) is 11.2 Å². The maximum atomic E-state index is 11.5. The van der Waals surface area contributed by atoms with Gasteiger partial charge in [-0.1, -0.05) is 41.1 Å². The molecule has 0 unspecified atom stereocenters. The molecule has 1 amide bonds. The Bertz CT molecular complexity index is 349. The quantitative estimate of drug-likeness (QED) is 0.836. The molecule has 1 aromatic rings. The Morgan fingerprint density at radius 3 is 2.80 bits per heavy atom. The van der Waals surface area contributed by atoms with E-state index in [1.54, 1.807) is 0 Å². The normalized spacial score (nSPS) is 10.1. The van der Waals surface area contributed by atoms with Crippen LogP contribution in [-0.4, -0.2) is 11.2 Å². The van der Waals surface area contributed by atoms with Crippen LogP contribution in [0, 0.1) is 6.92 Å². The third kappa shape index (κ3) is 3.34. The van der Waals surface area contributed by atoms with Gasteiger partial charge in [-0.15, -0.1) is 0 Å². The highest BCUT2D eigenvalue weighted by Gasteiger charge is 2.07. The number of hydrogen-bond acceptors (Lipinski definition) is 1. The number of carbonyl (C=O) groups is 1. The van der Waals surface area contributed by atoms with Crippen LogP contribution in [0.2, 0.25) is 0 Å². The van der Waals surface area contributed by atoms with Crippen molar-refractivity contribution in [1.29, 1.82) is 0 Å². The molecule has 0 saturated carbocycles. The summed E-state index contributed by atoms with van der Waals surface area (Å²) in [6.07, 6.45) is 1.45. The van der Waals surface area contributed by atoms with Crippen molar-refractivity contribution in [2.24, 2.45) is 0 Å². The highest BCUT2D eigenvalue weighted by atomic mass is 79.9. The van der Waals surface area contributed by atoms with E-state index >= 15 is 0 Å².